The van der Waals surface area contributed by atoms with Crippen LogP contribution in [0.15, 0.2) is 83.7 Å². The van der Waals surface area contributed by atoms with Crippen LogP contribution in [0, 0.1) is 0 Å². The summed E-state index contributed by atoms with van der Waals surface area (Å²) in [5.41, 5.74) is 3.27. The second-order valence-corrected chi connectivity index (χ2v) is 6.15. The minimum Gasteiger partial charge on any atom is -0.444 e. The van der Waals surface area contributed by atoms with Gasteiger partial charge < -0.3 is 9.73 Å². The number of oxazole rings is 1. The van der Waals surface area contributed by atoms with Crippen LogP contribution in [-0.2, 0) is 17.8 Å². The number of carbonyl (C=O) groups is 1. The van der Waals surface area contributed by atoms with Crippen LogP contribution in [0.4, 0.5) is 5.69 Å². The number of rotatable bonds is 6. The average molecular weight is 358 g/mol. The Labute approximate surface area is 156 Å². The largest absolute Gasteiger partial charge is 0.444 e. The van der Waals surface area contributed by atoms with E-state index in [1.807, 2.05) is 66.9 Å². The van der Waals surface area contributed by atoms with Gasteiger partial charge in [0.2, 0.25) is 11.8 Å². The Morgan fingerprint density at radius 1 is 1.04 bits per heavy atom. The van der Waals surface area contributed by atoms with E-state index in [1.54, 1.807) is 10.9 Å². The highest BCUT2D eigenvalue weighted by Crippen LogP contribution is 2.18. The van der Waals surface area contributed by atoms with Crippen molar-refractivity contribution in [2.45, 2.75) is 13.0 Å². The summed E-state index contributed by atoms with van der Waals surface area (Å²) in [6.45, 7) is 0.653. The quantitative estimate of drug-likeness (QED) is 0.569. The van der Waals surface area contributed by atoms with Gasteiger partial charge in [0.05, 0.1) is 30.5 Å². The van der Waals surface area contributed by atoms with E-state index in [2.05, 4.69) is 15.4 Å². The first kappa shape index (κ1) is 16.8. The molecule has 4 aromatic rings. The molecule has 0 spiro atoms. The molecule has 0 saturated heterocycles. The van der Waals surface area contributed by atoms with Gasteiger partial charge in [-0.25, -0.2) is 4.98 Å². The lowest BCUT2D eigenvalue weighted by atomic mass is 10.2. The van der Waals surface area contributed by atoms with Crippen molar-refractivity contribution in [3.63, 3.8) is 0 Å². The van der Waals surface area contributed by atoms with Crippen molar-refractivity contribution in [2.24, 2.45) is 0 Å². The van der Waals surface area contributed by atoms with Gasteiger partial charge in [-0.1, -0.05) is 48.5 Å². The van der Waals surface area contributed by atoms with Gasteiger partial charge in [0.1, 0.15) is 6.26 Å². The molecule has 4 rings (SSSR count). The average Bonchev–Trinajstić information content (AvgIpc) is 3.33. The number of nitrogens with zero attached hydrogens (tertiary/aromatic N) is 3. The third-order valence-corrected chi connectivity index (χ3v) is 4.02. The van der Waals surface area contributed by atoms with Crippen LogP contribution in [0.25, 0.3) is 11.5 Å². The van der Waals surface area contributed by atoms with E-state index >= 15 is 0 Å². The van der Waals surface area contributed by atoms with Crippen molar-refractivity contribution in [2.75, 3.05) is 5.32 Å². The van der Waals surface area contributed by atoms with E-state index < -0.39 is 0 Å². The highest BCUT2D eigenvalue weighted by atomic mass is 16.3. The number of benzene rings is 2. The Balaban J connectivity index is 1.35. The zero-order chi connectivity index (χ0) is 18.5. The normalized spacial score (nSPS) is 10.7. The second-order valence-electron chi connectivity index (χ2n) is 6.15. The lowest BCUT2D eigenvalue weighted by Crippen LogP contribution is -2.14. The fraction of sp³-hybridized carbons (Fsp3) is 0.0952. The van der Waals surface area contributed by atoms with E-state index in [9.17, 15) is 4.79 Å². The number of anilines is 1. The van der Waals surface area contributed by atoms with Crippen molar-refractivity contribution in [3.05, 3.63) is 90.6 Å². The van der Waals surface area contributed by atoms with Gasteiger partial charge in [0.15, 0.2) is 0 Å². The molecule has 2 aromatic heterocycles. The standard InChI is InChI=1S/C21H18N4O2/c26-20(11-18-15-27-21(24-18)17-9-5-2-6-10-17)23-19-12-22-25(14-19)13-16-7-3-1-4-8-16/h1-10,12,14-15H,11,13H2,(H,23,26). The smallest absolute Gasteiger partial charge is 0.230 e. The topological polar surface area (TPSA) is 73.0 Å². The van der Waals surface area contributed by atoms with Crippen LogP contribution in [0.5, 0.6) is 0 Å². The van der Waals surface area contributed by atoms with Crippen LogP contribution in [-0.4, -0.2) is 20.7 Å². The van der Waals surface area contributed by atoms with Crippen LogP contribution in [0.3, 0.4) is 0 Å². The first-order valence-electron chi connectivity index (χ1n) is 8.62. The molecule has 27 heavy (non-hydrogen) atoms. The van der Waals surface area contributed by atoms with Crippen molar-refractivity contribution < 1.29 is 9.21 Å². The molecule has 2 heterocycles. The van der Waals surface area contributed by atoms with E-state index in [0.717, 1.165) is 11.1 Å². The maximum absolute atomic E-state index is 12.3. The summed E-state index contributed by atoms with van der Waals surface area (Å²) in [6, 6.07) is 19.6. The Morgan fingerprint density at radius 3 is 2.56 bits per heavy atom. The summed E-state index contributed by atoms with van der Waals surface area (Å²) in [7, 11) is 0. The molecule has 0 aliphatic heterocycles. The van der Waals surface area contributed by atoms with Crippen molar-refractivity contribution >= 4 is 11.6 Å². The SMILES string of the molecule is O=C(Cc1coc(-c2ccccc2)n1)Nc1cnn(Cc2ccccc2)c1. The van der Waals surface area contributed by atoms with Gasteiger partial charge in [0.25, 0.3) is 0 Å². The first-order chi connectivity index (χ1) is 13.3. The molecule has 0 aliphatic rings. The van der Waals surface area contributed by atoms with E-state index in [1.165, 1.54) is 6.26 Å². The van der Waals surface area contributed by atoms with Gasteiger partial charge in [-0.3, -0.25) is 9.48 Å². The van der Waals surface area contributed by atoms with Crippen molar-refractivity contribution in [1.82, 2.24) is 14.8 Å². The summed E-state index contributed by atoms with van der Waals surface area (Å²) in [5, 5.41) is 7.12. The molecule has 0 fully saturated rings. The lowest BCUT2D eigenvalue weighted by Gasteiger charge is -2.01. The Bertz CT molecular complexity index is 1020. The zero-order valence-corrected chi connectivity index (χ0v) is 14.6. The number of nitrogens with one attached hydrogen (secondary N) is 1. The third-order valence-electron chi connectivity index (χ3n) is 4.02. The fourth-order valence-corrected chi connectivity index (χ4v) is 2.76. The molecular formula is C21H18N4O2. The second kappa shape index (κ2) is 7.70. The van der Waals surface area contributed by atoms with Crippen LogP contribution in [0.2, 0.25) is 0 Å². The minimum absolute atomic E-state index is 0.139. The number of amides is 1. The fourth-order valence-electron chi connectivity index (χ4n) is 2.76. The molecule has 1 N–H and O–H groups in total. The first-order valence-corrected chi connectivity index (χ1v) is 8.62. The Kier molecular flexibility index (Phi) is 4.78. The number of hydrogen-bond acceptors (Lipinski definition) is 4. The minimum atomic E-state index is -0.165. The molecule has 0 atom stereocenters. The van der Waals surface area contributed by atoms with Gasteiger partial charge in [0, 0.05) is 11.8 Å². The molecule has 1 amide bonds. The molecule has 6 nitrogen and oxygen atoms in total. The van der Waals surface area contributed by atoms with E-state index in [4.69, 9.17) is 4.42 Å². The van der Waals surface area contributed by atoms with Crippen molar-refractivity contribution in [1.29, 1.82) is 0 Å². The molecule has 2 aromatic carbocycles. The van der Waals surface area contributed by atoms with Crippen molar-refractivity contribution in [3.8, 4) is 11.5 Å². The summed E-state index contributed by atoms with van der Waals surface area (Å²) in [6.07, 6.45) is 5.10. The number of aromatic nitrogens is 3. The Hall–Kier alpha value is -3.67. The lowest BCUT2D eigenvalue weighted by molar-refractivity contribution is -0.115. The summed E-state index contributed by atoms with van der Waals surface area (Å²) in [5.74, 6) is 0.344. The van der Waals surface area contributed by atoms with Crippen LogP contribution < -0.4 is 5.32 Å². The molecule has 134 valence electrons. The van der Waals surface area contributed by atoms with E-state index in [-0.39, 0.29) is 12.3 Å². The molecule has 0 saturated carbocycles. The maximum atomic E-state index is 12.3. The van der Waals surface area contributed by atoms with Gasteiger partial charge in [-0.2, -0.15) is 5.10 Å². The predicted molar refractivity (Wildman–Crippen MR) is 102 cm³/mol. The monoisotopic (exact) mass is 358 g/mol. The van der Waals surface area contributed by atoms with E-state index in [0.29, 0.717) is 23.8 Å². The molecular weight excluding hydrogens is 340 g/mol. The highest BCUT2D eigenvalue weighted by Gasteiger charge is 2.11. The number of hydrogen-bond donors (Lipinski definition) is 1. The molecule has 0 bridgehead atoms. The highest BCUT2D eigenvalue weighted by molar-refractivity contribution is 5.91. The maximum Gasteiger partial charge on any atom is 0.230 e. The van der Waals surface area contributed by atoms with Crippen LogP contribution in [0.1, 0.15) is 11.3 Å². The van der Waals surface area contributed by atoms with Crippen LogP contribution >= 0.6 is 0 Å². The predicted octanol–water partition coefficient (Wildman–Crippen LogP) is 3.77. The summed E-state index contributed by atoms with van der Waals surface area (Å²) < 4.78 is 7.25. The van der Waals surface area contributed by atoms with Gasteiger partial charge in [-0.05, 0) is 17.7 Å². The summed E-state index contributed by atoms with van der Waals surface area (Å²) in [4.78, 5) is 16.6. The van der Waals surface area contributed by atoms with Gasteiger partial charge >= 0.3 is 0 Å². The Morgan fingerprint density at radius 2 is 1.78 bits per heavy atom. The zero-order valence-electron chi connectivity index (χ0n) is 14.6. The molecule has 0 radical (unpaired) electrons. The third kappa shape index (κ3) is 4.30. The molecule has 0 aliphatic carbocycles. The van der Waals surface area contributed by atoms with Gasteiger partial charge in [-0.15, -0.1) is 0 Å². The summed E-state index contributed by atoms with van der Waals surface area (Å²) >= 11 is 0. The molecule has 0 unspecified atom stereocenters. The number of carbonyl (C=O) groups excluding carboxylic acids is 1. The molecule has 6 heteroatoms.